The summed E-state index contributed by atoms with van der Waals surface area (Å²) in [5.74, 6) is 0. The Morgan fingerprint density at radius 3 is 3.00 bits per heavy atom. The number of rotatable bonds is 3. The number of nitriles is 1. The van der Waals surface area contributed by atoms with Gasteiger partial charge in [0.15, 0.2) is 0 Å². The highest BCUT2D eigenvalue weighted by Gasteiger charge is 2.24. The van der Waals surface area contributed by atoms with Crippen molar-refractivity contribution in [3.8, 4) is 6.07 Å². The van der Waals surface area contributed by atoms with Gasteiger partial charge in [-0.15, -0.1) is 0 Å². The van der Waals surface area contributed by atoms with Crippen LogP contribution in [0, 0.1) is 21.4 Å². The van der Waals surface area contributed by atoms with Crippen LogP contribution < -0.4 is 4.90 Å². The first kappa shape index (κ1) is 14.0. The van der Waals surface area contributed by atoms with Crippen molar-refractivity contribution in [2.24, 2.45) is 0 Å². The smallest absolute Gasteiger partial charge is 0.270 e. The molecule has 1 aromatic heterocycles. The summed E-state index contributed by atoms with van der Waals surface area (Å²) in [5, 5.41) is 24.3. The van der Waals surface area contributed by atoms with Crippen LogP contribution in [0.25, 0.3) is 0 Å². The summed E-state index contributed by atoms with van der Waals surface area (Å²) in [4.78, 5) is 16.4. The van der Waals surface area contributed by atoms with Crippen molar-refractivity contribution in [1.29, 1.82) is 5.26 Å². The third kappa shape index (κ3) is 2.61. The lowest BCUT2D eigenvalue weighted by Gasteiger charge is -2.34. The lowest BCUT2D eigenvalue weighted by atomic mass is 10.0. The summed E-state index contributed by atoms with van der Waals surface area (Å²) in [5.41, 5.74) is 0.997. The summed E-state index contributed by atoms with van der Waals surface area (Å²) in [6.45, 7) is 1.52. The van der Waals surface area contributed by atoms with Crippen molar-refractivity contribution >= 4 is 11.4 Å². The Labute approximate surface area is 126 Å². The molecule has 2 aromatic rings. The van der Waals surface area contributed by atoms with Crippen LogP contribution in [0.5, 0.6) is 0 Å². The van der Waals surface area contributed by atoms with Gasteiger partial charge in [-0.05, 0) is 18.9 Å². The predicted molar refractivity (Wildman–Crippen MR) is 78.3 cm³/mol. The third-order valence-corrected chi connectivity index (χ3v) is 3.86. The molecule has 1 aliphatic heterocycles. The van der Waals surface area contributed by atoms with Crippen LogP contribution in [0.1, 0.15) is 24.4 Å². The van der Waals surface area contributed by atoms with Crippen molar-refractivity contribution in [2.75, 3.05) is 18.0 Å². The molecule has 22 heavy (non-hydrogen) atoms. The highest BCUT2D eigenvalue weighted by atomic mass is 16.6. The second-order valence-electron chi connectivity index (χ2n) is 5.19. The molecule has 8 nitrogen and oxygen atoms in total. The van der Waals surface area contributed by atoms with Gasteiger partial charge in [0.05, 0.1) is 22.2 Å². The quantitative estimate of drug-likeness (QED) is 0.633. The van der Waals surface area contributed by atoms with Gasteiger partial charge in [0.2, 0.25) is 0 Å². The average molecular weight is 298 g/mol. The average Bonchev–Trinajstić information content (AvgIpc) is 3.09. The number of nitro groups is 1. The minimum atomic E-state index is -0.487. The minimum absolute atomic E-state index is 0.0647. The molecule has 0 amide bonds. The number of anilines is 1. The number of nitrogens with zero attached hydrogens (tertiary/aromatic N) is 6. The van der Waals surface area contributed by atoms with Crippen LogP contribution in [-0.4, -0.2) is 32.8 Å². The van der Waals surface area contributed by atoms with E-state index in [-0.39, 0.29) is 11.7 Å². The largest absolute Gasteiger partial charge is 0.368 e. The van der Waals surface area contributed by atoms with Crippen molar-refractivity contribution < 1.29 is 4.92 Å². The first-order valence-corrected chi connectivity index (χ1v) is 6.96. The molecule has 1 unspecified atom stereocenters. The first-order valence-electron chi connectivity index (χ1n) is 6.96. The van der Waals surface area contributed by atoms with Crippen molar-refractivity contribution in [3.63, 3.8) is 0 Å². The van der Waals surface area contributed by atoms with E-state index in [4.69, 9.17) is 0 Å². The summed E-state index contributed by atoms with van der Waals surface area (Å²) in [7, 11) is 0. The van der Waals surface area contributed by atoms with Gasteiger partial charge in [-0.2, -0.15) is 10.4 Å². The molecule has 1 saturated heterocycles. The number of benzene rings is 1. The van der Waals surface area contributed by atoms with Crippen LogP contribution in [0.3, 0.4) is 0 Å². The Morgan fingerprint density at radius 2 is 2.32 bits per heavy atom. The lowest BCUT2D eigenvalue weighted by Crippen LogP contribution is -2.37. The second kappa shape index (κ2) is 5.81. The predicted octanol–water partition coefficient (Wildman–Crippen LogP) is 1.90. The molecule has 0 radical (unpaired) electrons. The number of hydrogen-bond acceptors (Lipinski definition) is 6. The van der Waals surface area contributed by atoms with Gasteiger partial charge in [0, 0.05) is 25.2 Å². The van der Waals surface area contributed by atoms with E-state index in [1.165, 1.54) is 18.5 Å². The van der Waals surface area contributed by atoms with Gasteiger partial charge < -0.3 is 4.90 Å². The van der Waals surface area contributed by atoms with Crippen molar-refractivity contribution in [1.82, 2.24) is 14.8 Å². The van der Waals surface area contributed by atoms with E-state index in [0.717, 1.165) is 25.1 Å². The molecule has 1 atom stereocenters. The molecule has 1 fully saturated rings. The molecule has 0 spiro atoms. The second-order valence-corrected chi connectivity index (χ2v) is 5.19. The van der Waals surface area contributed by atoms with E-state index in [2.05, 4.69) is 21.1 Å². The maximum atomic E-state index is 10.8. The first-order chi connectivity index (χ1) is 10.7. The zero-order valence-corrected chi connectivity index (χ0v) is 11.8. The van der Waals surface area contributed by atoms with Crippen LogP contribution in [-0.2, 0) is 0 Å². The van der Waals surface area contributed by atoms with E-state index in [9.17, 15) is 15.4 Å². The lowest BCUT2D eigenvalue weighted by molar-refractivity contribution is -0.384. The Morgan fingerprint density at radius 1 is 1.45 bits per heavy atom. The maximum absolute atomic E-state index is 10.8. The summed E-state index contributed by atoms with van der Waals surface area (Å²) in [6, 6.07) is 6.67. The molecule has 1 aromatic carbocycles. The molecule has 0 saturated carbocycles. The number of nitro benzene ring substituents is 1. The van der Waals surface area contributed by atoms with E-state index >= 15 is 0 Å². The third-order valence-electron chi connectivity index (χ3n) is 3.86. The van der Waals surface area contributed by atoms with Gasteiger partial charge in [0.25, 0.3) is 5.69 Å². The van der Waals surface area contributed by atoms with E-state index in [1.807, 2.05) is 4.68 Å². The number of piperidine rings is 1. The normalized spacial score (nSPS) is 18.0. The van der Waals surface area contributed by atoms with E-state index < -0.39 is 4.92 Å². The van der Waals surface area contributed by atoms with Gasteiger partial charge in [-0.3, -0.25) is 10.1 Å². The topological polar surface area (TPSA) is 101 Å². The fraction of sp³-hybridized carbons (Fsp3) is 0.357. The van der Waals surface area contributed by atoms with Gasteiger partial charge >= 0.3 is 0 Å². The van der Waals surface area contributed by atoms with Crippen LogP contribution in [0.4, 0.5) is 11.4 Å². The van der Waals surface area contributed by atoms with Crippen molar-refractivity contribution in [3.05, 3.63) is 46.5 Å². The number of non-ortho nitro benzene ring substituents is 1. The summed E-state index contributed by atoms with van der Waals surface area (Å²) >= 11 is 0. The molecule has 0 bridgehead atoms. The summed E-state index contributed by atoms with van der Waals surface area (Å²) < 4.78 is 1.82. The molecule has 2 heterocycles. The molecular formula is C14H14N6O2. The molecule has 3 rings (SSSR count). The zero-order chi connectivity index (χ0) is 15.5. The monoisotopic (exact) mass is 298 g/mol. The SMILES string of the molecule is N#Cc1cc([N+](=O)[O-])ccc1N1CCCC(n2cncn2)C1. The zero-order valence-electron chi connectivity index (χ0n) is 11.8. The Balaban J connectivity index is 1.87. The summed E-state index contributed by atoms with van der Waals surface area (Å²) in [6.07, 6.45) is 5.15. The Bertz CT molecular complexity index is 721. The van der Waals surface area contributed by atoms with Crippen LogP contribution in [0.15, 0.2) is 30.9 Å². The standard InChI is InChI=1S/C14H14N6O2/c15-7-11-6-12(20(21)22)3-4-14(11)18-5-1-2-13(8-18)19-10-16-9-17-19/h3-4,6,9-10,13H,1-2,5,8H2. The Hall–Kier alpha value is -2.95. The Kier molecular flexibility index (Phi) is 3.70. The van der Waals surface area contributed by atoms with E-state index in [0.29, 0.717) is 12.1 Å². The molecular weight excluding hydrogens is 284 g/mol. The molecule has 0 aliphatic carbocycles. The fourth-order valence-electron chi connectivity index (χ4n) is 2.80. The maximum Gasteiger partial charge on any atom is 0.270 e. The highest BCUT2D eigenvalue weighted by Crippen LogP contribution is 2.30. The van der Waals surface area contributed by atoms with Crippen molar-refractivity contribution in [2.45, 2.75) is 18.9 Å². The number of aromatic nitrogens is 3. The van der Waals surface area contributed by atoms with Gasteiger partial charge in [0.1, 0.15) is 18.7 Å². The highest BCUT2D eigenvalue weighted by molar-refractivity contribution is 5.63. The van der Waals surface area contributed by atoms with Crippen LogP contribution in [0.2, 0.25) is 0 Å². The fourth-order valence-corrected chi connectivity index (χ4v) is 2.80. The van der Waals surface area contributed by atoms with E-state index in [1.54, 1.807) is 12.4 Å². The minimum Gasteiger partial charge on any atom is -0.368 e. The van der Waals surface area contributed by atoms with Gasteiger partial charge in [-0.25, -0.2) is 9.67 Å². The molecule has 112 valence electrons. The van der Waals surface area contributed by atoms with Gasteiger partial charge in [-0.1, -0.05) is 0 Å². The van der Waals surface area contributed by atoms with Crippen LogP contribution >= 0.6 is 0 Å². The molecule has 8 heteroatoms. The molecule has 1 aliphatic rings. The number of hydrogen-bond donors (Lipinski definition) is 0. The molecule has 0 N–H and O–H groups in total.